The zero-order valence-electron chi connectivity index (χ0n) is 7.60. The fraction of sp³-hybridized carbons (Fsp3) is 0.0833. The Morgan fingerprint density at radius 1 is 1.07 bits per heavy atom. The summed E-state index contributed by atoms with van der Waals surface area (Å²) < 4.78 is 0. The van der Waals surface area contributed by atoms with Crippen LogP contribution in [0.5, 0.6) is 5.75 Å². The topological polar surface area (TPSA) is 21.6 Å². The standard InChI is InChI=1S/C12H9NO/c1-2-4-10-8-12-11(5-6-13-14-12)7-9(10)3-1/h1-4,6-8H,5H2. The van der Waals surface area contributed by atoms with E-state index in [1.165, 1.54) is 16.3 Å². The summed E-state index contributed by atoms with van der Waals surface area (Å²) in [7, 11) is 0. The Hall–Kier alpha value is -1.83. The Balaban J connectivity index is 2.30. The molecule has 0 bridgehead atoms. The zero-order valence-corrected chi connectivity index (χ0v) is 7.60. The van der Waals surface area contributed by atoms with Crippen LogP contribution in [0.1, 0.15) is 5.56 Å². The first-order valence-electron chi connectivity index (χ1n) is 4.64. The van der Waals surface area contributed by atoms with E-state index in [-0.39, 0.29) is 0 Å². The number of hydrogen-bond donors (Lipinski definition) is 0. The van der Waals surface area contributed by atoms with Crippen LogP contribution in [0, 0.1) is 0 Å². The number of hydrogen-bond acceptors (Lipinski definition) is 2. The summed E-state index contributed by atoms with van der Waals surface area (Å²) in [4.78, 5) is 5.20. The molecular formula is C12H9NO. The van der Waals surface area contributed by atoms with Gasteiger partial charge in [-0.25, -0.2) is 0 Å². The lowest BCUT2D eigenvalue weighted by molar-refractivity contribution is 0.334. The maximum absolute atomic E-state index is 5.20. The number of nitrogens with zero attached hydrogens (tertiary/aromatic N) is 1. The zero-order chi connectivity index (χ0) is 9.38. The summed E-state index contributed by atoms with van der Waals surface area (Å²) >= 11 is 0. The first kappa shape index (κ1) is 7.56. The third-order valence-electron chi connectivity index (χ3n) is 2.47. The molecule has 0 radical (unpaired) electrons. The van der Waals surface area contributed by atoms with E-state index in [1.807, 2.05) is 18.2 Å². The summed E-state index contributed by atoms with van der Waals surface area (Å²) in [6.07, 6.45) is 2.65. The normalized spacial score (nSPS) is 13.7. The molecule has 68 valence electrons. The second kappa shape index (κ2) is 2.84. The highest BCUT2D eigenvalue weighted by molar-refractivity contribution is 5.86. The van der Waals surface area contributed by atoms with Crippen LogP contribution < -0.4 is 4.84 Å². The highest BCUT2D eigenvalue weighted by atomic mass is 16.6. The van der Waals surface area contributed by atoms with Crippen LogP contribution in [0.2, 0.25) is 0 Å². The Bertz CT molecular complexity index is 470. The van der Waals surface area contributed by atoms with Crippen molar-refractivity contribution < 1.29 is 4.84 Å². The van der Waals surface area contributed by atoms with Crippen LogP contribution in [0.4, 0.5) is 0 Å². The van der Waals surface area contributed by atoms with Gasteiger partial charge in [0.05, 0.1) is 0 Å². The quantitative estimate of drug-likeness (QED) is 0.615. The van der Waals surface area contributed by atoms with Crippen molar-refractivity contribution in [3.8, 4) is 5.75 Å². The minimum Gasteiger partial charge on any atom is -0.357 e. The van der Waals surface area contributed by atoms with Gasteiger partial charge in [-0.2, -0.15) is 0 Å². The number of benzene rings is 2. The van der Waals surface area contributed by atoms with Crippen LogP contribution in [0.3, 0.4) is 0 Å². The molecule has 0 aromatic heterocycles. The minimum absolute atomic E-state index is 0.861. The van der Waals surface area contributed by atoms with Crippen LogP contribution in [0.15, 0.2) is 41.6 Å². The van der Waals surface area contributed by atoms with Gasteiger partial charge in [0, 0.05) is 18.2 Å². The molecule has 0 saturated carbocycles. The lowest BCUT2D eigenvalue weighted by Crippen LogP contribution is -1.99. The van der Waals surface area contributed by atoms with Crippen molar-refractivity contribution in [2.24, 2.45) is 5.16 Å². The molecule has 0 fully saturated rings. The summed E-state index contributed by atoms with van der Waals surface area (Å²) in [5, 5.41) is 6.25. The van der Waals surface area contributed by atoms with Gasteiger partial charge < -0.3 is 4.84 Å². The molecule has 14 heavy (non-hydrogen) atoms. The molecule has 0 amide bonds. The molecule has 0 atom stereocenters. The summed E-state index contributed by atoms with van der Waals surface area (Å²) in [5.74, 6) is 0.881. The summed E-state index contributed by atoms with van der Waals surface area (Å²) in [5.41, 5.74) is 1.21. The van der Waals surface area contributed by atoms with Gasteiger partial charge in [-0.05, 0) is 22.9 Å². The van der Waals surface area contributed by atoms with E-state index in [0.29, 0.717) is 0 Å². The van der Waals surface area contributed by atoms with Gasteiger partial charge in [0.2, 0.25) is 0 Å². The predicted octanol–water partition coefficient (Wildman–Crippen LogP) is 2.76. The second-order valence-corrected chi connectivity index (χ2v) is 3.39. The monoisotopic (exact) mass is 183 g/mol. The molecule has 1 aliphatic heterocycles. The van der Waals surface area contributed by atoms with Gasteiger partial charge in [-0.3, -0.25) is 0 Å². The molecule has 0 saturated heterocycles. The van der Waals surface area contributed by atoms with E-state index in [4.69, 9.17) is 4.84 Å². The highest BCUT2D eigenvalue weighted by Crippen LogP contribution is 2.27. The van der Waals surface area contributed by atoms with Crippen molar-refractivity contribution in [2.45, 2.75) is 6.42 Å². The molecule has 2 aromatic carbocycles. The Kier molecular flexibility index (Phi) is 1.53. The summed E-state index contributed by atoms with van der Waals surface area (Å²) in [6, 6.07) is 12.5. The molecule has 2 aromatic rings. The van der Waals surface area contributed by atoms with Crippen molar-refractivity contribution in [2.75, 3.05) is 0 Å². The molecule has 0 aliphatic carbocycles. The molecule has 2 heteroatoms. The molecular weight excluding hydrogens is 174 g/mol. The highest BCUT2D eigenvalue weighted by Gasteiger charge is 2.08. The molecule has 1 heterocycles. The largest absolute Gasteiger partial charge is 0.357 e. The van der Waals surface area contributed by atoms with Crippen molar-refractivity contribution in [1.82, 2.24) is 0 Å². The molecule has 2 nitrogen and oxygen atoms in total. The van der Waals surface area contributed by atoms with Crippen LogP contribution in [0.25, 0.3) is 10.8 Å². The predicted molar refractivity (Wildman–Crippen MR) is 56.8 cm³/mol. The molecule has 0 unspecified atom stereocenters. The third kappa shape index (κ3) is 1.08. The van der Waals surface area contributed by atoms with E-state index in [2.05, 4.69) is 23.4 Å². The lowest BCUT2D eigenvalue weighted by Gasteiger charge is -2.10. The van der Waals surface area contributed by atoms with E-state index >= 15 is 0 Å². The van der Waals surface area contributed by atoms with Crippen molar-refractivity contribution in [3.63, 3.8) is 0 Å². The fourth-order valence-electron chi connectivity index (χ4n) is 1.74. The number of oxime groups is 1. The van der Waals surface area contributed by atoms with Gasteiger partial charge >= 0.3 is 0 Å². The Morgan fingerprint density at radius 2 is 1.86 bits per heavy atom. The van der Waals surface area contributed by atoms with Gasteiger partial charge in [0.25, 0.3) is 0 Å². The van der Waals surface area contributed by atoms with Crippen molar-refractivity contribution >= 4 is 17.0 Å². The lowest BCUT2D eigenvalue weighted by atomic mass is 10.0. The van der Waals surface area contributed by atoms with E-state index in [9.17, 15) is 0 Å². The van der Waals surface area contributed by atoms with Gasteiger partial charge in [0.15, 0.2) is 5.75 Å². The van der Waals surface area contributed by atoms with Crippen molar-refractivity contribution in [1.29, 1.82) is 0 Å². The number of fused-ring (bicyclic) bond motifs is 2. The second-order valence-electron chi connectivity index (χ2n) is 3.39. The fourth-order valence-corrected chi connectivity index (χ4v) is 1.74. The number of rotatable bonds is 0. The average molecular weight is 183 g/mol. The van der Waals surface area contributed by atoms with Crippen LogP contribution >= 0.6 is 0 Å². The van der Waals surface area contributed by atoms with E-state index in [0.717, 1.165) is 12.2 Å². The van der Waals surface area contributed by atoms with Crippen LogP contribution in [-0.2, 0) is 6.42 Å². The summed E-state index contributed by atoms with van der Waals surface area (Å²) in [6.45, 7) is 0. The molecule has 3 rings (SSSR count). The van der Waals surface area contributed by atoms with Crippen molar-refractivity contribution in [3.05, 3.63) is 42.0 Å². The third-order valence-corrected chi connectivity index (χ3v) is 2.47. The van der Waals surface area contributed by atoms with E-state index < -0.39 is 0 Å². The van der Waals surface area contributed by atoms with E-state index in [1.54, 1.807) is 6.21 Å². The minimum atomic E-state index is 0.861. The maximum Gasteiger partial charge on any atom is 0.162 e. The SMILES string of the molecule is C1=NOc2cc3ccccc3cc2C1. The van der Waals surface area contributed by atoms with Gasteiger partial charge in [0.1, 0.15) is 0 Å². The Labute approximate surface area is 81.8 Å². The smallest absolute Gasteiger partial charge is 0.162 e. The van der Waals surface area contributed by atoms with Gasteiger partial charge in [-0.15, -0.1) is 0 Å². The van der Waals surface area contributed by atoms with Gasteiger partial charge in [-0.1, -0.05) is 29.4 Å². The average Bonchev–Trinajstić information content (AvgIpc) is 2.26. The molecule has 0 spiro atoms. The molecule has 1 aliphatic rings. The van der Waals surface area contributed by atoms with Crippen LogP contribution in [-0.4, -0.2) is 6.21 Å². The Morgan fingerprint density at radius 3 is 2.71 bits per heavy atom. The maximum atomic E-state index is 5.20. The first-order chi connectivity index (χ1) is 6.93. The first-order valence-corrected chi connectivity index (χ1v) is 4.64. The molecule has 0 N–H and O–H groups in total.